The van der Waals surface area contributed by atoms with Gasteiger partial charge in [0.2, 0.25) is 0 Å². The highest BCUT2D eigenvalue weighted by molar-refractivity contribution is 7.18. The lowest BCUT2D eigenvalue weighted by Crippen LogP contribution is -2.38. The number of amides is 1. The summed E-state index contributed by atoms with van der Waals surface area (Å²) in [4.78, 5) is 17.0. The van der Waals surface area contributed by atoms with Crippen LogP contribution in [0.2, 0.25) is 0 Å². The lowest BCUT2D eigenvalue weighted by Gasteiger charge is -2.28. The van der Waals surface area contributed by atoms with Crippen molar-refractivity contribution in [1.82, 2.24) is 10.3 Å². The van der Waals surface area contributed by atoms with Crippen molar-refractivity contribution < 1.29 is 4.79 Å². The molecule has 5 nitrogen and oxygen atoms in total. The SMILES string of the molecule is CCNc1nc(N)c(C(=O)NC(C)C2CCCCC2)s1. The Morgan fingerprint density at radius 2 is 2.15 bits per heavy atom. The average Bonchev–Trinajstić information content (AvgIpc) is 2.81. The summed E-state index contributed by atoms with van der Waals surface area (Å²) in [5, 5.41) is 6.88. The second-order valence-electron chi connectivity index (χ2n) is 5.42. The first-order valence-corrected chi connectivity index (χ1v) is 8.24. The summed E-state index contributed by atoms with van der Waals surface area (Å²) in [7, 11) is 0. The zero-order chi connectivity index (χ0) is 14.5. The van der Waals surface area contributed by atoms with Gasteiger partial charge in [-0.3, -0.25) is 4.79 Å². The van der Waals surface area contributed by atoms with Crippen molar-refractivity contribution >= 4 is 28.2 Å². The van der Waals surface area contributed by atoms with Gasteiger partial charge in [0.1, 0.15) is 10.7 Å². The number of hydrogen-bond donors (Lipinski definition) is 3. The van der Waals surface area contributed by atoms with Gasteiger partial charge in [-0.05, 0) is 32.6 Å². The van der Waals surface area contributed by atoms with Crippen molar-refractivity contribution in [3.8, 4) is 0 Å². The minimum atomic E-state index is -0.0952. The van der Waals surface area contributed by atoms with E-state index in [-0.39, 0.29) is 11.9 Å². The van der Waals surface area contributed by atoms with Crippen molar-refractivity contribution in [2.45, 2.75) is 52.0 Å². The van der Waals surface area contributed by atoms with Crippen molar-refractivity contribution in [2.75, 3.05) is 17.6 Å². The van der Waals surface area contributed by atoms with Crippen molar-refractivity contribution in [3.63, 3.8) is 0 Å². The van der Waals surface area contributed by atoms with E-state index in [0.29, 0.717) is 21.7 Å². The van der Waals surface area contributed by atoms with E-state index >= 15 is 0 Å². The van der Waals surface area contributed by atoms with Gasteiger partial charge in [-0.2, -0.15) is 0 Å². The molecule has 0 spiro atoms. The van der Waals surface area contributed by atoms with Crippen LogP contribution in [0.3, 0.4) is 0 Å². The van der Waals surface area contributed by atoms with Crippen LogP contribution in [0.4, 0.5) is 10.9 Å². The Hall–Kier alpha value is -1.30. The van der Waals surface area contributed by atoms with E-state index in [9.17, 15) is 4.79 Å². The van der Waals surface area contributed by atoms with Gasteiger partial charge in [0.05, 0.1) is 0 Å². The van der Waals surface area contributed by atoms with Crippen LogP contribution >= 0.6 is 11.3 Å². The minimum Gasteiger partial charge on any atom is -0.382 e. The average molecular weight is 296 g/mol. The third kappa shape index (κ3) is 3.62. The second kappa shape index (κ2) is 6.92. The number of anilines is 2. The predicted molar refractivity (Wildman–Crippen MR) is 84.2 cm³/mol. The number of nitrogens with one attached hydrogen (secondary N) is 2. The smallest absolute Gasteiger partial charge is 0.265 e. The molecule has 0 saturated heterocycles. The number of rotatable bonds is 5. The molecular formula is C14H24N4OS. The summed E-state index contributed by atoms with van der Waals surface area (Å²) in [5.41, 5.74) is 5.83. The molecule has 1 heterocycles. The molecule has 1 atom stereocenters. The molecule has 1 fully saturated rings. The Kier molecular flexibility index (Phi) is 5.23. The van der Waals surface area contributed by atoms with Crippen LogP contribution in [0, 0.1) is 5.92 Å². The normalized spacial score (nSPS) is 17.7. The standard InChI is InChI=1S/C14H24N4OS/c1-3-16-14-18-12(15)11(20-14)13(19)17-9(2)10-7-5-4-6-8-10/h9-10H,3-8,15H2,1-2H3,(H,16,18)(H,17,19). The number of carbonyl (C=O) groups is 1. The minimum absolute atomic E-state index is 0.0952. The summed E-state index contributed by atoms with van der Waals surface area (Å²) in [6, 6.07) is 0.201. The topological polar surface area (TPSA) is 80.0 Å². The fraction of sp³-hybridized carbons (Fsp3) is 0.714. The molecule has 6 heteroatoms. The van der Waals surface area contributed by atoms with Gasteiger partial charge in [0, 0.05) is 12.6 Å². The van der Waals surface area contributed by atoms with Crippen molar-refractivity contribution in [1.29, 1.82) is 0 Å². The number of nitrogens with two attached hydrogens (primary N) is 1. The first kappa shape index (κ1) is 15.1. The molecular weight excluding hydrogens is 272 g/mol. The number of carbonyl (C=O) groups excluding carboxylic acids is 1. The fourth-order valence-corrected chi connectivity index (χ4v) is 3.60. The van der Waals surface area contributed by atoms with Crippen LogP contribution in [-0.2, 0) is 0 Å². The maximum Gasteiger partial charge on any atom is 0.265 e. The van der Waals surface area contributed by atoms with E-state index < -0.39 is 0 Å². The molecule has 0 aromatic carbocycles. The molecule has 1 saturated carbocycles. The van der Waals surface area contributed by atoms with Crippen LogP contribution < -0.4 is 16.4 Å². The summed E-state index contributed by atoms with van der Waals surface area (Å²) < 4.78 is 0. The summed E-state index contributed by atoms with van der Waals surface area (Å²) in [5.74, 6) is 0.816. The van der Waals surface area contributed by atoms with Gasteiger partial charge in [-0.15, -0.1) is 0 Å². The summed E-state index contributed by atoms with van der Waals surface area (Å²) >= 11 is 1.32. The molecule has 1 aromatic rings. The molecule has 112 valence electrons. The zero-order valence-electron chi connectivity index (χ0n) is 12.2. The van der Waals surface area contributed by atoms with Gasteiger partial charge >= 0.3 is 0 Å². The summed E-state index contributed by atoms with van der Waals surface area (Å²) in [6.45, 7) is 4.85. The highest BCUT2D eigenvalue weighted by atomic mass is 32.1. The van der Waals surface area contributed by atoms with Crippen molar-refractivity contribution in [3.05, 3.63) is 4.88 Å². The molecule has 0 bridgehead atoms. The maximum absolute atomic E-state index is 12.3. The second-order valence-corrected chi connectivity index (χ2v) is 6.42. The molecule has 0 aliphatic heterocycles. The Morgan fingerprint density at radius 1 is 1.45 bits per heavy atom. The van der Waals surface area contributed by atoms with E-state index in [0.717, 1.165) is 6.54 Å². The molecule has 1 aromatic heterocycles. The van der Waals surface area contributed by atoms with Crippen LogP contribution in [0.1, 0.15) is 55.6 Å². The number of hydrogen-bond acceptors (Lipinski definition) is 5. The van der Waals surface area contributed by atoms with E-state index in [2.05, 4.69) is 22.5 Å². The quantitative estimate of drug-likeness (QED) is 0.780. The number of aromatic nitrogens is 1. The molecule has 1 aliphatic carbocycles. The Morgan fingerprint density at radius 3 is 2.80 bits per heavy atom. The number of nitrogen functional groups attached to an aromatic ring is 1. The van der Waals surface area contributed by atoms with E-state index in [1.165, 1.54) is 43.4 Å². The Bertz CT molecular complexity index is 454. The van der Waals surface area contributed by atoms with Gasteiger partial charge in [0.15, 0.2) is 5.13 Å². The maximum atomic E-state index is 12.3. The molecule has 1 aliphatic rings. The highest BCUT2D eigenvalue weighted by Crippen LogP contribution is 2.28. The molecule has 20 heavy (non-hydrogen) atoms. The lowest BCUT2D eigenvalue weighted by molar-refractivity contribution is 0.0924. The van der Waals surface area contributed by atoms with E-state index in [1.807, 2.05) is 6.92 Å². The first-order valence-electron chi connectivity index (χ1n) is 7.42. The zero-order valence-corrected chi connectivity index (χ0v) is 13.1. The summed E-state index contributed by atoms with van der Waals surface area (Å²) in [6.07, 6.45) is 6.30. The monoisotopic (exact) mass is 296 g/mol. The van der Waals surface area contributed by atoms with Crippen LogP contribution in [0.25, 0.3) is 0 Å². The fourth-order valence-electron chi connectivity index (χ4n) is 2.75. The third-order valence-electron chi connectivity index (χ3n) is 3.90. The van der Waals surface area contributed by atoms with Crippen molar-refractivity contribution in [2.24, 2.45) is 5.92 Å². The van der Waals surface area contributed by atoms with Gasteiger partial charge < -0.3 is 16.4 Å². The van der Waals surface area contributed by atoms with E-state index in [1.54, 1.807) is 0 Å². The molecule has 2 rings (SSSR count). The van der Waals surface area contributed by atoms with Crippen LogP contribution in [0.15, 0.2) is 0 Å². The number of thiazole rings is 1. The lowest BCUT2D eigenvalue weighted by atomic mass is 9.84. The molecule has 1 unspecified atom stereocenters. The molecule has 1 amide bonds. The number of nitrogens with zero attached hydrogens (tertiary/aromatic N) is 1. The van der Waals surface area contributed by atoms with Gasteiger partial charge in [-0.1, -0.05) is 30.6 Å². The molecule has 0 radical (unpaired) electrons. The largest absolute Gasteiger partial charge is 0.382 e. The Labute approximate surface area is 124 Å². The highest BCUT2D eigenvalue weighted by Gasteiger charge is 2.24. The van der Waals surface area contributed by atoms with Crippen LogP contribution in [0.5, 0.6) is 0 Å². The van der Waals surface area contributed by atoms with E-state index in [4.69, 9.17) is 5.73 Å². The van der Waals surface area contributed by atoms with Gasteiger partial charge in [-0.25, -0.2) is 4.98 Å². The molecule has 4 N–H and O–H groups in total. The first-order chi connectivity index (χ1) is 9.61. The van der Waals surface area contributed by atoms with Crippen LogP contribution in [-0.4, -0.2) is 23.5 Å². The Balaban J connectivity index is 1.96. The van der Waals surface area contributed by atoms with Gasteiger partial charge in [0.25, 0.3) is 5.91 Å². The third-order valence-corrected chi connectivity index (χ3v) is 4.93. The predicted octanol–water partition coefficient (Wildman–Crippen LogP) is 2.86.